The molecule has 1 aromatic heterocycles. The van der Waals surface area contributed by atoms with Crippen molar-refractivity contribution in [2.24, 2.45) is 5.73 Å². The molecule has 0 spiro atoms. The molecule has 3 N–H and O–H groups in total. The van der Waals surface area contributed by atoms with Crippen molar-refractivity contribution in [3.63, 3.8) is 0 Å². The number of hydrogen-bond acceptors (Lipinski definition) is 3. The molecule has 1 atom stereocenters. The summed E-state index contributed by atoms with van der Waals surface area (Å²) in [5, 5.41) is 10.0. The van der Waals surface area contributed by atoms with Crippen molar-refractivity contribution in [3.05, 3.63) is 88.1 Å². The molecule has 4 nitrogen and oxygen atoms in total. The van der Waals surface area contributed by atoms with Gasteiger partial charge in [-0.3, -0.25) is 5.21 Å². The Morgan fingerprint density at radius 3 is 2.41 bits per heavy atom. The zero-order valence-electron chi connectivity index (χ0n) is 15.1. The number of amides is 2. The molecule has 5 heteroatoms. The quantitative estimate of drug-likeness (QED) is 0.458. The van der Waals surface area contributed by atoms with Gasteiger partial charge in [-0.25, -0.2) is 4.79 Å². The predicted molar refractivity (Wildman–Crippen MR) is 111 cm³/mol. The van der Waals surface area contributed by atoms with E-state index in [4.69, 9.17) is 5.73 Å². The van der Waals surface area contributed by atoms with E-state index >= 15 is 0 Å². The Bertz CT molecular complexity index is 917. The van der Waals surface area contributed by atoms with E-state index in [0.29, 0.717) is 5.06 Å². The van der Waals surface area contributed by atoms with Crippen molar-refractivity contribution >= 4 is 23.4 Å². The van der Waals surface area contributed by atoms with E-state index in [2.05, 4.69) is 42.5 Å². The number of carbonyl (C=O) groups excluding carboxylic acids is 1. The number of primary amides is 1. The standard InChI is InChI=1S/C22H22N2O2S/c1-16(24(26)22(23)25)7-12-20-13-14-21(27-20)15-17-8-10-19(11-9-17)18-5-3-2-4-6-18/h2-14,16,26H,15H2,1H3,(H2,23,25). The lowest BCUT2D eigenvalue weighted by Gasteiger charge is -2.16. The summed E-state index contributed by atoms with van der Waals surface area (Å²) in [7, 11) is 0. The maximum Gasteiger partial charge on any atom is 0.339 e. The van der Waals surface area contributed by atoms with Crippen LogP contribution in [0.1, 0.15) is 22.2 Å². The van der Waals surface area contributed by atoms with E-state index in [0.717, 1.165) is 11.3 Å². The van der Waals surface area contributed by atoms with Crippen LogP contribution in [0.2, 0.25) is 0 Å². The van der Waals surface area contributed by atoms with Gasteiger partial charge in [0.2, 0.25) is 0 Å². The van der Waals surface area contributed by atoms with Crippen LogP contribution in [0.3, 0.4) is 0 Å². The molecule has 0 saturated heterocycles. The number of hydrogen-bond donors (Lipinski definition) is 2. The van der Waals surface area contributed by atoms with Crippen LogP contribution in [0, 0.1) is 0 Å². The first-order valence-corrected chi connectivity index (χ1v) is 9.53. The van der Waals surface area contributed by atoms with E-state index in [1.54, 1.807) is 24.3 Å². The summed E-state index contributed by atoms with van der Waals surface area (Å²) in [6.07, 6.45) is 4.51. The first-order valence-electron chi connectivity index (χ1n) is 8.72. The maximum absolute atomic E-state index is 10.9. The minimum Gasteiger partial charge on any atom is -0.350 e. The monoisotopic (exact) mass is 378 g/mol. The molecule has 0 bridgehead atoms. The van der Waals surface area contributed by atoms with Crippen LogP contribution in [0.5, 0.6) is 0 Å². The molecular weight excluding hydrogens is 356 g/mol. The summed E-state index contributed by atoms with van der Waals surface area (Å²) in [5.41, 5.74) is 8.74. The molecule has 3 aromatic rings. The molecule has 0 saturated carbocycles. The summed E-state index contributed by atoms with van der Waals surface area (Å²) >= 11 is 1.69. The van der Waals surface area contributed by atoms with Gasteiger partial charge in [0.15, 0.2) is 0 Å². The second kappa shape index (κ2) is 8.66. The van der Waals surface area contributed by atoms with Crippen molar-refractivity contribution in [1.82, 2.24) is 5.06 Å². The second-order valence-corrected chi connectivity index (χ2v) is 7.53. The molecule has 2 amide bonds. The van der Waals surface area contributed by atoms with E-state index in [-0.39, 0.29) is 0 Å². The number of hydroxylamine groups is 2. The van der Waals surface area contributed by atoms with Crippen LogP contribution < -0.4 is 5.73 Å². The van der Waals surface area contributed by atoms with Crippen molar-refractivity contribution in [3.8, 4) is 11.1 Å². The second-order valence-electron chi connectivity index (χ2n) is 6.33. The van der Waals surface area contributed by atoms with Gasteiger partial charge in [-0.2, -0.15) is 5.06 Å². The Balaban J connectivity index is 1.63. The highest BCUT2D eigenvalue weighted by atomic mass is 32.1. The third-order valence-electron chi connectivity index (χ3n) is 4.27. The Kier molecular flexibility index (Phi) is 6.06. The Hall–Kier alpha value is -2.89. The van der Waals surface area contributed by atoms with Crippen LogP contribution >= 0.6 is 11.3 Å². The van der Waals surface area contributed by atoms with Gasteiger partial charge in [-0.05, 0) is 41.8 Å². The third kappa shape index (κ3) is 5.06. The molecule has 1 unspecified atom stereocenters. The van der Waals surface area contributed by atoms with Gasteiger partial charge >= 0.3 is 6.03 Å². The predicted octanol–water partition coefficient (Wildman–Crippen LogP) is 5.18. The zero-order chi connectivity index (χ0) is 19.2. The van der Waals surface area contributed by atoms with Crippen molar-refractivity contribution in [1.29, 1.82) is 0 Å². The van der Waals surface area contributed by atoms with Crippen molar-refractivity contribution in [2.45, 2.75) is 19.4 Å². The molecule has 0 aliphatic carbocycles. The highest BCUT2D eigenvalue weighted by Gasteiger charge is 2.11. The first kappa shape index (κ1) is 18.9. The summed E-state index contributed by atoms with van der Waals surface area (Å²) < 4.78 is 0. The van der Waals surface area contributed by atoms with Crippen LogP contribution in [0.15, 0.2) is 72.8 Å². The van der Waals surface area contributed by atoms with Crippen molar-refractivity contribution in [2.75, 3.05) is 0 Å². The fourth-order valence-corrected chi connectivity index (χ4v) is 3.70. The number of benzene rings is 2. The van der Waals surface area contributed by atoms with Crippen LogP contribution in [-0.4, -0.2) is 22.3 Å². The van der Waals surface area contributed by atoms with Gasteiger partial charge in [0, 0.05) is 16.2 Å². The number of nitrogens with two attached hydrogens (primary N) is 1. The molecule has 27 heavy (non-hydrogen) atoms. The molecule has 0 fully saturated rings. The number of nitrogens with zero attached hydrogens (tertiary/aromatic N) is 1. The van der Waals surface area contributed by atoms with E-state index < -0.39 is 12.1 Å². The molecule has 3 rings (SSSR count). The highest BCUT2D eigenvalue weighted by Crippen LogP contribution is 2.24. The van der Waals surface area contributed by atoms with Crippen LogP contribution in [0.25, 0.3) is 17.2 Å². The summed E-state index contributed by atoms with van der Waals surface area (Å²) in [6.45, 7) is 1.70. The van der Waals surface area contributed by atoms with Gasteiger partial charge in [-0.1, -0.05) is 60.7 Å². The highest BCUT2D eigenvalue weighted by molar-refractivity contribution is 7.12. The Morgan fingerprint density at radius 1 is 1.07 bits per heavy atom. The fourth-order valence-electron chi connectivity index (χ4n) is 2.74. The molecule has 0 aliphatic heterocycles. The van der Waals surface area contributed by atoms with Crippen molar-refractivity contribution < 1.29 is 10.0 Å². The smallest absolute Gasteiger partial charge is 0.339 e. The molecule has 1 heterocycles. The van der Waals surface area contributed by atoms with Gasteiger partial charge in [-0.15, -0.1) is 11.3 Å². The lowest BCUT2D eigenvalue weighted by molar-refractivity contribution is -0.0560. The normalized spacial score (nSPS) is 12.2. The topological polar surface area (TPSA) is 66.6 Å². The average Bonchev–Trinajstić information content (AvgIpc) is 3.14. The molecule has 0 aliphatic rings. The third-order valence-corrected chi connectivity index (χ3v) is 5.32. The molecule has 138 valence electrons. The van der Waals surface area contributed by atoms with E-state index in [1.165, 1.54) is 21.6 Å². The maximum atomic E-state index is 10.9. The van der Waals surface area contributed by atoms with Gasteiger partial charge in [0.25, 0.3) is 0 Å². The molecule has 2 aromatic carbocycles. The molecular formula is C22H22N2O2S. The lowest BCUT2D eigenvalue weighted by Crippen LogP contribution is -2.38. The van der Waals surface area contributed by atoms with E-state index in [9.17, 15) is 10.0 Å². The number of urea groups is 1. The SMILES string of the molecule is CC(C=Cc1ccc(Cc2ccc(-c3ccccc3)cc2)s1)N(O)C(N)=O. The van der Waals surface area contributed by atoms with Crippen LogP contribution in [-0.2, 0) is 6.42 Å². The summed E-state index contributed by atoms with van der Waals surface area (Å²) in [5.74, 6) is 0. The van der Waals surface area contributed by atoms with Gasteiger partial charge < -0.3 is 5.73 Å². The minimum absolute atomic E-state index is 0.474. The zero-order valence-corrected chi connectivity index (χ0v) is 15.9. The summed E-state index contributed by atoms with van der Waals surface area (Å²) in [6, 6.07) is 21.8. The molecule has 0 radical (unpaired) electrons. The first-order chi connectivity index (χ1) is 13.0. The number of thiophene rings is 1. The van der Waals surface area contributed by atoms with Crippen LogP contribution in [0.4, 0.5) is 4.79 Å². The largest absolute Gasteiger partial charge is 0.350 e. The van der Waals surface area contributed by atoms with Gasteiger partial charge in [0.1, 0.15) is 0 Å². The number of carbonyl (C=O) groups is 1. The summed E-state index contributed by atoms with van der Waals surface area (Å²) in [4.78, 5) is 13.3. The fraction of sp³-hybridized carbons (Fsp3) is 0.136. The average molecular weight is 378 g/mol. The number of rotatable bonds is 6. The van der Waals surface area contributed by atoms with Gasteiger partial charge in [0.05, 0.1) is 6.04 Å². The Morgan fingerprint density at radius 2 is 1.74 bits per heavy atom. The lowest BCUT2D eigenvalue weighted by atomic mass is 10.0. The Labute approximate surface area is 163 Å². The minimum atomic E-state index is -0.863. The van der Waals surface area contributed by atoms with E-state index in [1.807, 2.05) is 30.3 Å².